The molecule has 1 aromatic carbocycles. The molecule has 0 aliphatic carbocycles. The first-order valence-corrected chi connectivity index (χ1v) is 8.49. The van der Waals surface area contributed by atoms with E-state index in [0.717, 1.165) is 11.3 Å². The number of rotatable bonds is 5. The van der Waals surface area contributed by atoms with Crippen LogP contribution >= 0.6 is 11.3 Å². The van der Waals surface area contributed by atoms with Crippen molar-refractivity contribution in [2.45, 2.75) is 13.5 Å². The molecule has 24 heavy (non-hydrogen) atoms. The van der Waals surface area contributed by atoms with Gasteiger partial charge in [-0.05, 0) is 48.2 Å². The van der Waals surface area contributed by atoms with Crippen LogP contribution in [0.5, 0.6) is 5.75 Å². The van der Waals surface area contributed by atoms with Crippen LogP contribution < -0.4 is 4.74 Å². The van der Waals surface area contributed by atoms with Gasteiger partial charge in [0.05, 0.1) is 13.7 Å². The second-order valence-corrected chi connectivity index (χ2v) is 6.58. The number of furan rings is 1. The monoisotopic (exact) mass is 341 g/mol. The van der Waals surface area contributed by atoms with Crippen LogP contribution in [0, 0.1) is 6.92 Å². The van der Waals surface area contributed by atoms with Crippen molar-refractivity contribution in [1.82, 2.24) is 4.90 Å². The van der Waals surface area contributed by atoms with E-state index in [1.807, 2.05) is 35.7 Å². The van der Waals surface area contributed by atoms with Crippen LogP contribution in [0.15, 0.2) is 52.3 Å². The zero-order valence-corrected chi connectivity index (χ0v) is 14.7. The van der Waals surface area contributed by atoms with E-state index in [0.29, 0.717) is 18.1 Å². The number of amides is 1. The first-order chi connectivity index (χ1) is 11.6. The Morgan fingerprint density at radius 2 is 2.08 bits per heavy atom. The summed E-state index contributed by atoms with van der Waals surface area (Å²) in [6, 6.07) is 13.2. The Balaban J connectivity index is 1.76. The molecule has 0 aliphatic heterocycles. The predicted octanol–water partition coefficient (Wildman–Crippen LogP) is 4.60. The summed E-state index contributed by atoms with van der Waals surface area (Å²) in [7, 11) is 3.41. The van der Waals surface area contributed by atoms with Gasteiger partial charge in [-0.25, -0.2) is 0 Å². The number of carbonyl (C=O) groups excluding carboxylic acids is 1. The molecule has 0 spiro atoms. The van der Waals surface area contributed by atoms with Gasteiger partial charge < -0.3 is 14.1 Å². The van der Waals surface area contributed by atoms with E-state index in [1.165, 1.54) is 10.4 Å². The minimum absolute atomic E-state index is 0.128. The van der Waals surface area contributed by atoms with Crippen LogP contribution in [-0.4, -0.2) is 25.0 Å². The largest absolute Gasteiger partial charge is 0.497 e. The summed E-state index contributed by atoms with van der Waals surface area (Å²) in [6.45, 7) is 2.63. The second kappa shape index (κ2) is 6.93. The van der Waals surface area contributed by atoms with Crippen molar-refractivity contribution in [3.8, 4) is 17.1 Å². The lowest BCUT2D eigenvalue weighted by Crippen LogP contribution is -2.25. The van der Waals surface area contributed by atoms with Crippen molar-refractivity contribution in [1.29, 1.82) is 0 Å². The molecular formula is C19H19NO3S. The Hall–Kier alpha value is -2.53. The lowest BCUT2D eigenvalue weighted by atomic mass is 10.2. The average molecular weight is 341 g/mol. The fourth-order valence-electron chi connectivity index (χ4n) is 2.43. The second-order valence-electron chi connectivity index (χ2n) is 5.58. The van der Waals surface area contributed by atoms with Crippen LogP contribution in [0.25, 0.3) is 11.3 Å². The molecule has 2 heterocycles. The molecule has 124 valence electrons. The number of hydrogen-bond donors (Lipinski definition) is 0. The van der Waals surface area contributed by atoms with Crippen molar-refractivity contribution in [3.05, 3.63) is 64.0 Å². The van der Waals surface area contributed by atoms with Gasteiger partial charge in [0.1, 0.15) is 11.5 Å². The molecule has 0 saturated heterocycles. The molecule has 1 amide bonds. The first kappa shape index (κ1) is 16.3. The van der Waals surface area contributed by atoms with Crippen molar-refractivity contribution in [2.24, 2.45) is 0 Å². The van der Waals surface area contributed by atoms with Gasteiger partial charge in [0.15, 0.2) is 5.76 Å². The maximum Gasteiger partial charge on any atom is 0.289 e. The number of ether oxygens (including phenoxy) is 1. The van der Waals surface area contributed by atoms with Crippen molar-refractivity contribution >= 4 is 17.2 Å². The molecule has 0 saturated carbocycles. The topological polar surface area (TPSA) is 42.7 Å². The van der Waals surface area contributed by atoms with Gasteiger partial charge in [-0.1, -0.05) is 12.1 Å². The molecule has 0 N–H and O–H groups in total. The van der Waals surface area contributed by atoms with Crippen molar-refractivity contribution < 1.29 is 13.9 Å². The minimum Gasteiger partial charge on any atom is -0.497 e. The molecule has 4 nitrogen and oxygen atoms in total. The Kier molecular flexibility index (Phi) is 4.71. The minimum atomic E-state index is -0.128. The Morgan fingerprint density at radius 3 is 2.79 bits per heavy atom. The number of carbonyl (C=O) groups is 1. The number of nitrogens with zero attached hydrogens (tertiary/aromatic N) is 1. The Morgan fingerprint density at radius 1 is 1.25 bits per heavy atom. The van der Waals surface area contributed by atoms with Gasteiger partial charge in [-0.15, -0.1) is 11.3 Å². The molecule has 3 rings (SSSR count). The fourth-order valence-corrected chi connectivity index (χ4v) is 3.38. The van der Waals surface area contributed by atoms with Crippen LogP contribution in [0.1, 0.15) is 21.0 Å². The summed E-state index contributed by atoms with van der Waals surface area (Å²) >= 11 is 1.66. The van der Waals surface area contributed by atoms with E-state index in [9.17, 15) is 4.79 Å². The summed E-state index contributed by atoms with van der Waals surface area (Å²) in [4.78, 5) is 15.4. The van der Waals surface area contributed by atoms with E-state index in [-0.39, 0.29) is 5.91 Å². The number of hydrogen-bond acceptors (Lipinski definition) is 4. The number of thiophene rings is 1. The van der Waals surface area contributed by atoms with Crippen LogP contribution in [0.4, 0.5) is 0 Å². The molecule has 0 atom stereocenters. The standard InChI is InChI=1S/C19H19NO3S/c1-13-9-10-24-18(13)12-20(2)19(21)17-8-7-16(23-17)14-5-4-6-15(11-14)22-3/h4-11H,12H2,1-3H3. The summed E-state index contributed by atoms with van der Waals surface area (Å²) in [5.74, 6) is 1.61. The van der Waals surface area contributed by atoms with E-state index >= 15 is 0 Å². The summed E-state index contributed by atoms with van der Waals surface area (Å²) in [5.41, 5.74) is 2.08. The first-order valence-electron chi connectivity index (χ1n) is 7.61. The Labute approximate surface area is 145 Å². The highest BCUT2D eigenvalue weighted by Gasteiger charge is 2.18. The molecule has 0 fully saturated rings. The summed E-state index contributed by atoms with van der Waals surface area (Å²) in [5, 5.41) is 2.04. The third-order valence-corrected chi connectivity index (χ3v) is 4.87. The van der Waals surface area contributed by atoms with Gasteiger partial charge >= 0.3 is 0 Å². The zero-order chi connectivity index (χ0) is 17.1. The van der Waals surface area contributed by atoms with Crippen LogP contribution in [-0.2, 0) is 6.54 Å². The van der Waals surface area contributed by atoms with E-state index in [1.54, 1.807) is 36.5 Å². The number of methoxy groups -OCH3 is 1. The van der Waals surface area contributed by atoms with E-state index in [2.05, 4.69) is 13.0 Å². The highest BCUT2D eigenvalue weighted by atomic mass is 32.1. The number of benzene rings is 1. The molecule has 2 aromatic heterocycles. The van der Waals surface area contributed by atoms with E-state index in [4.69, 9.17) is 9.15 Å². The molecule has 3 aromatic rings. The highest BCUT2D eigenvalue weighted by molar-refractivity contribution is 7.10. The zero-order valence-electron chi connectivity index (χ0n) is 13.9. The molecule has 5 heteroatoms. The Bertz CT molecular complexity index is 850. The molecular weight excluding hydrogens is 322 g/mol. The molecule has 0 radical (unpaired) electrons. The SMILES string of the molecule is COc1cccc(-c2ccc(C(=O)N(C)Cc3sccc3C)o2)c1. The fraction of sp³-hybridized carbons (Fsp3) is 0.211. The van der Waals surface area contributed by atoms with Crippen LogP contribution in [0.3, 0.4) is 0 Å². The maximum absolute atomic E-state index is 12.6. The van der Waals surface area contributed by atoms with Gasteiger partial charge in [0.2, 0.25) is 0 Å². The van der Waals surface area contributed by atoms with Crippen molar-refractivity contribution in [3.63, 3.8) is 0 Å². The highest BCUT2D eigenvalue weighted by Crippen LogP contribution is 2.26. The average Bonchev–Trinajstić information content (AvgIpc) is 3.24. The van der Waals surface area contributed by atoms with Gasteiger partial charge in [-0.2, -0.15) is 0 Å². The van der Waals surface area contributed by atoms with Gasteiger partial charge in [0, 0.05) is 17.5 Å². The lowest BCUT2D eigenvalue weighted by molar-refractivity contribution is 0.0755. The van der Waals surface area contributed by atoms with E-state index < -0.39 is 0 Å². The maximum atomic E-state index is 12.6. The van der Waals surface area contributed by atoms with Crippen molar-refractivity contribution in [2.75, 3.05) is 14.2 Å². The third kappa shape index (κ3) is 3.36. The smallest absolute Gasteiger partial charge is 0.289 e. The summed E-state index contributed by atoms with van der Waals surface area (Å²) < 4.78 is 11.0. The lowest BCUT2D eigenvalue weighted by Gasteiger charge is -2.15. The van der Waals surface area contributed by atoms with Gasteiger partial charge in [0.25, 0.3) is 5.91 Å². The molecule has 0 aliphatic rings. The molecule has 0 bridgehead atoms. The molecule has 0 unspecified atom stereocenters. The number of aryl methyl sites for hydroxylation is 1. The quantitative estimate of drug-likeness (QED) is 0.681. The third-order valence-electron chi connectivity index (χ3n) is 3.87. The van der Waals surface area contributed by atoms with Gasteiger partial charge in [-0.3, -0.25) is 4.79 Å². The predicted molar refractivity (Wildman–Crippen MR) is 95.5 cm³/mol. The normalized spacial score (nSPS) is 10.6. The van der Waals surface area contributed by atoms with Crippen LogP contribution in [0.2, 0.25) is 0 Å². The summed E-state index contributed by atoms with van der Waals surface area (Å²) in [6.07, 6.45) is 0.